The van der Waals surface area contributed by atoms with Gasteiger partial charge < -0.3 is 10.6 Å². The van der Waals surface area contributed by atoms with Crippen molar-refractivity contribution in [3.05, 3.63) is 0 Å². The summed E-state index contributed by atoms with van der Waals surface area (Å²) in [4.78, 5) is 16.3. The maximum absolute atomic E-state index is 12.2. The molecule has 1 fully saturated rings. The third-order valence-corrected chi connectivity index (χ3v) is 3.08. The molecule has 2 unspecified atom stereocenters. The Hall–Kier alpha value is -0.610. The lowest BCUT2D eigenvalue weighted by Gasteiger charge is -2.26. The van der Waals surface area contributed by atoms with Crippen molar-refractivity contribution < 1.29 is 4.79 Å². The molecule has 1 saturated heterocycles. The minimum atomic E-state index is -0.0140. The second kappa shape index (κ2) is 5.47. The van der Waals surface area contributed by atoms with E-state index in [2.05, 4.69) is 11.8 Å². The molecule has 1 aliphatic rings. The van der Waals surface area contributed by atoms with E-state index in [1.165, 1.54) is 0 Å². The number of carbonyl (C=O) groups is 1. The highest BCUT2D eigenvalue weighted by Gasteiger charge is 2.31. The lowest BCUT2D eigenvalue weighted by Crippen LogP contribution is -2.45. The number of amides is 1. The zero-order chi connectivity index (χ0) is 11.4. The Morgan fingerprint density at radius 2 is 2.13 bits per heavy atom. The van der Waals surface area contributed by atoms with Crippen LogP contribution in [0.15, 0.2) is 0 Å². The SMILES string of the molecule is CCN1CC(C)CN(C)C(CCN)C1=O. The number of nitrogens with zero attached hydrogens (tertiary/aromatic N) is 2. The molecule has 0 aliphatic carbocycles. The average Bonchev–Trinajstić information content (AvgIpc) is 2.29. The van der Waals surface area contributed by atoms with Crippen LogP contribution >= 0.6 is 0 Å². The largest absolute Gasteiger partial charge is 0.341 e. The molecule has 1 aliphatic heterocycles. The quantitative estimate of drug-likeness (QED) is 0.725. The van der Waals surface area contributed by atoms with Gasteiger partial charge in [0.15, 0.2) is 0 Å². The molecule has 4 heteroatoms. The molecule has 1 rings (SSSR count). The number of hydrogen-bond acceptors (Lipinski definition) is 3. The standard InChI is InChI=1S/C11H23N3O/c1-4-14-8-9(2)7-13(3)10(5-6-12)11(14)15/h9-10H,4-8,12H2,1-3H3. The van der Waals surface area contributed by atoms with Gasteiger partial charge >= 0.3 is 0 Å². The molecule has 0 aromatic rings. The molecule has 15 heavy (non-hydrogen) atoms. The van der Waals surface area contributed by atoms with Gasteiger partial charge in [0, 0.05) is 19.6 Å². The van der Waals surface area contributed by atoms with Crippen LogP contribution in [0.25, 0.3) is 0 Å². The Bertz CT molecular complexity index is 220. The highest BCUT2D eigenvalue weighted by molar-refractivity contribution is 5.82. The van der Waals surface area contributed by atoms with Crippen molar-refractivity contribution in [2.45, 2.75) is 26.3 Å². The molecule has 2 atom stereocenters. The van der Waals surface area contributed by atoms with E-state index in [0.29, 0.717) is 12.5 Å². The van der Waals surface area contributed by atoms with Gasteiger partial charge in [-0.3, -0.25) is 9.69 Å². The summed E-state index contributed by atoms with van der Waals surface area (Å²) in [7, 11) is 2.02. The van der Waals surface area contributed by atoms with Crippen LogP contribution in [0.5, 0.6) is 0 Å². The van der Waals surface area contributed by atoms with E-state index in [9.17, 15) is 4.79 Å². The van der Waals surface area contributed by atoms with Crippen molar-refractivity contribution in [1.29, 1.82) is 0 Å². The summed E-state index contributed by atoms with van der Waals surface area (Å²) in [6.45, 7) is 7.46. The summed E-state index contributed by atoms with van der Waals surface area (Å²) in [5.74, 6) is 0.788. The predicted molar refractivity (Wildman–Crippen MR) is 61.5 cm³/mol. The molecule has 1 heterocycles. The summed E-state index contributed by atoms with van der Waals surface area (Å²) < 4.78 is 0. The molecular weight excluding hydrogens is 190 g/mol. The molecular formula is C11H23N3O. The molecule has 88 valence electrons. The smallest absolute Gasteiger partial charge is 0.239 e. The van der Waals surface area contributed by atoms with Gasteiger partial charge in [-0.1, -0.05) is 6.92 Å². The molecule has 0 radical (unpaired) electrons. The second-order valence-corrected chi connectivity index (χ2v) is 4.51. The Kier molecular flexibility index (Phi) is 4.54. The minimum Gasteiger partial charge on any atom is -0.341 e. The van der Waals surface area contributed by atoms with Crippen molar-refractivity contribution in [1.82, 2.24) is 9.80 Å². The third-order valence-electron chi connectivity index (χ3n) is 3.08. The molecule has 0 spiro atoms. The average molecular weight is 213 g/mol. The number of rotatable bonds is 3. The van der Waals surface area contributed by atoms with E-state index in [-0.39, 0.29) is 11.9 Å². The van der Waals surface area contributed by atoms with Gasteiger partial charge in [-0.05, 0) is 32.9 Å². The van der Waals surface area contributed by atoms with E-state index < -0.39 is 0 Å². The molecule has 1 amide bonds. The summed E-state index contributed by atoms with van der Waals surface area (Å²) in [6.07, 6.45) is 0.762. The van der Waals surface area contributed by atoms with Crippen molar-refractivity contribution in [3.8, 4) is 0 Å². The van der Waals surface area contributed by atoms with Crippen molar-refractivity contribution >= 4 is 5.91 Å². The number of likely N-dealkylation sites (N-methyl/N-ethyl adjacent to an activating group) is 2. The zero-order valence-electron chi connectivity index (χ0n) is 10.1. The highest BCUT2D eigenvalue weighted by atomic mass is 16.2. The molecule has 2 N–H and O–H groups in total. The van der Waals surface area contributed by atoms with E-state index in [0.717, 1.165) is 26.1 Å². The molecule has 0 aromatic heterocycles. The van der Waals surface area contributed by atoms with Crippen LogP contribution in [0.3, 0.4) is 0 Å². The van der Waals surface area contributed by atoms with Crippen LogP contribution < -0.4 is 5.73 Å². The van der Waals surface area contributed by atoms with Gasteiger partial charge in [0.2, 0.25) is 5.91 Å². The highest BCUT2D eigenvalue weighted by Crippen LogP contribution is 2.15. The Labute approximate surface area is 92.4 Å². The number of carbonyl (C=O) groups excluding carboxylic acids is 1. The summed E-state index contributed by atoms with van der Waals surface area (Å²) in [5, 5.41) is 0. The van der Waals surface area contributed by atoms with Crippen LogP contribution in [0.1, 0.15) is 20.3 Å². The Morgan fingerprint density at radius 3 is 2.67 bits per heavy atom. The van der Waals surface area contributed by atoms with Crippen molar-refractivity contribution in [3.63, 3.8) is 0 Å². The third kappa shape index (κ3) is 2.92. The van der Waals surface area contributed by atoms with Crippen LogP contribution in [-0.4, -0.2) is 55.0 Å². The maximum Gasteiger partial charge on any atom is 0.239 e. The monoisotopic (exact) mass is 213 g/mol. The van der Waals surface area contributed by atoms with Crippen LogP contribution in [-0.2, 0) is 4.79 Å². The normalized spacial score (nSPS) is 29.3. The zero-order valence-corrected chi connectivity index (χ0v) is 10.1. The fourth-order valence-corrected chi connectivity index (χ4v) is 2.33. The maximum atomic E-state index is 12.2. The van der Waals surface area contributed by atoms with Crippen LogP contribution in [0.2, 0.25) is 0 Å². The first-order valence-corrected chi connectivity index (χ1v) is 5.79. The number of hydrogen-bond donors (Lipinski definition) is 1. The first-order valence-electron chi connectivity index (χ1n) is 5.79. The Morgan fingerprint density at radius 1 is 1.47 bits per heavy atom. The second-order valence-electron chi connectivity index (χ2n) is 4.51. The van der Waals surface area contributed by atoms with Crippen molar-refractivity contribution in [2.75, 3.05) is 33.2 Å². The van der Waals surface area contributed by atoms with Gasteiger partial charge in [0.25, 0.3) is 0 Å². The van der Waals surface area contributed by atoms with Gasteiger partial charge in [-0.25, -0.2) is 0 Å². The lowest BCUT2D eigenvalue weighted by molar-refractivity contribution is -0.135. The van der Waals surface area contributed by atoms with E-state index in [1.54, 1.807) is 0 Å². The first-order chi connectivity index (χ1) is 7.10. The minimum absolute atomic E-state index is 0.0140. The van der Waals surface area contributed by atoms with Crippen molar-refractivity contribution in [2.24, 2.45) is 11.7 Å². The molecule has 0 saturated carbocycles. The summed E-state index contributed by atoms with van der Waals surface area (Å²) in [5.41, 5.74) is 5.56. The fraction of sp³-hybridized carbons (Fsp3) is 0.909. The van der Waals surface area contributed by atoms with Gasteiger partial charge in [-0.2, -0.15) is 0 Å². The number of nitrogens with two attached hydrogens (primary N) is 1. The van der Waals surface area contributed by atoms with E-state index in [4.69, 9.17) is 5.73 Å². The van der Waals surface area contributed by atoms with Gasteiger partial charge in [0.05, 0.1) is 6.04 Å². The summed E-state index contributed by atoms with van der Waals surface area (Å²) in [6, 6.07) is -0.0140. The Balaban J connectivity index is 2.78. The topological polar surface area (TPSA) is 49.6 Å². The molecule has 0 aromatic carbocycles. The molecule has 4 nitrogen and oxygen atoms in total. The van der Waals surface area contributed by atoms with Gasteiger partial charge in [0.1, 0.15) is 0 Å². The predicted octanol–water partition coefficient (Wildman–Crippen LogP) is 0.134. The molecule has 0 bridgehead atoms. The van der Waals surface area contributed by atoms with Crippen LogP contribution in [0, 0.1) is 5.92 Å². The first kappa shape index (κ1) is 12.5. The van der Waals surface area contributed by atoms with E-state index >= 15 is 0 Å². The fourth-order valence-electron chi connectivity index (χ4n) is 2.33. The van der Waals surface area contributed by atoms with Crippen LogP contribution in [0.4, 0.5) is 0 Å². The summed E-state index contributed by atoms with van der Waals surface area (Å²) >= 11 is 0. The van der Waals surface area contributed by atoms with E-state index in [1.807, 2.05) is 18.9 Å². The van der Waals surface area contributed by atoms with Gasteiger partial charge in [-0.15, -0.1) is 0 Å². The lowest BCUT2D eigenvalue weighted by atomic mass is 10.1.